The van der Waals surface area contributed by atoms with Gasteiger partial charge >= 0.3 is 18.3 Å². The Bertz CT molecular complexity index is 1600. The minimum Gasteiger partial charge on any atom is -0.480 e. The fourth-order valence-corrected chi connectivity index (χ4v) is 6.10. The Morgan fingerprint density at radius 3 is 2.45 bits per heavy atom. The van der Waals surface area contributed by atoms with Crippen molar-refractivity contribution in [2.24, 2.45) is 0 Å². The number of carbonyl (C=O) groups is 3. The molecule has 7 nitrogen and oxygen atoms in total. The zero-order valence-electron chi connectivity index (χ0n) is 21.7. The molecule has 2 saturated heterocycles. The maximum Gasteiger partial charge on any atom is 0.416 e. The van der Waals surface area contributed by atoms with E-state index in [9.17, 15) is 45.8 Å². The highest BCUT2D eigenvalue weighted by molar-refractivity contribution is 8.18. The van der Waals surface area contributed by atoms with E-state index in [1.807, 2.05) is 0 Å². The van der Waals surface area contributed by atoms with Crippen LogP contribution >= 0.6 is 11.8 Å². The Morgan fingerprint density at radius 1 is 1.00 bits per heavy atom. The Labute approximate surface area is 239 Å². The monoisotopic (exact) mass is 611 g/mol. The van der Waals surface area contributed by atoms with E-state index in [0.717, 1.165) is 29.1 Å². The molecule has 5 rings (SSSR count). The van der Waals surface area contributed by atoms with Crippen molar-refractivity contribution < 1.29 is 45.8 Å². The highest BCUT2D eigenvalue weighted by atomic mass is 32.2. The molecule has 14 heteroatoms. The molecule has 42 heavy (non-hydrogen) atoms. The number of imide groups is 1. The topological polar surface area (TPSA) is 82.8 Å². The predicted molar refractivity (Wildman–Crippen MR) is 142 cm³/mol. The summed E-state index contributed by atoms with van der Waals surface area (Å²) in [5.74, 6) is -1.44. The highest BCUT2D eigenvalue weighted by Gasteiger charge is 2.39. The molecule has 2 amide bonds. The van der Waals surface area contributed by atoms with Crippen molar-refractivity contribution in [1.29, 1.82) is 0 Å². The van der Waals surface area contributed by atoms with Gasteiger partial charge in [-0.3, -0.25) is 24.2 Å². The number of rotatable bonds is 7. The molecule has 2 aliphatic rings. The van der Waals surface area contributed by atoms with Gasteiger partial charge in [0.25, 0.3) is 11.1 Å². The van der Waals surface area contributed by atoms with Gasteiger partial charge in [-0.1, -0.05) is 12.1 Å². The van der Waals surface area contributed by atoms with Gasteiger partial charge in [-0.25, -0.2) is 0 Å². The van der Waals surface area contributed by atoms with Crippen LogP contribution in [0.2, 0.25) is 0 Å². The minimum atomic E-state index is -4.98. The van der Waals surface area contributed by atoms with Crippen molar-refractivity contribution in [3.63, 3.8) is 0 Å². The summed E-state index contributed by atoms with van der Waals surface area (Å²) in [4.78, 5) is 39.8. The van der Waals surface area contributed by atoms with Gasteiger partial charge in [-0.05, 0) is 78.7 Å². The molecule has 0 spiro atoms. The van der Waals surface area contributed by atoms with Crippen molar-refractivity contribution in [3.8, 4) is 0 Å². The van der Waals surface area contributed by atoms with Crippen LogP contribution in [-0.4, -0.2) is 62.3 Å². The number of carbonyl (C=O) groups excluding carboxylic acids is 2. The summed E-state index contributed by atoms with van der Waals surface area (Å²) in [6.45, 7) is 0.543. The number of likely N-dealkylation sites (tertiary alicyclic amines) is 1. The molecule has 0 radical (unpaired) electrons. The number of hydrogen-bond acceptors (Lipinski definition) is 5. The highest BCUT2D eigenvalue weighted by Crippen LogP contribution is 2.38. The van der Waals surface area contributed by atoms with Gasteiger partial charge in [0.05, 0.1) is 16.0 Å². The largest absolute Gasteiger partial charge is 0.480 e. The van der Waals surface area contributed by atoms with E-state index in [0.29, 0.717) is 35.5 Å². The molecular formula is C28H23F6N3O4S. The summed E-state index contributed by atoms with van der Waals surface area (Å²) in [5, 5.41) is 9.47. The van der Waals surface area contributed by atoms with E-state index in [1.54, 1.807) is 29.2 Å². The number of aliphatic carboxylic acids is 1. The third-order valence-corrected chi connectivity index (χ3v) is 8.22. The second kappa shape index (κ2) is 11.1. The first-order valence-corrected chi connectivity index (χ1v) is 13.6. The first-order chi connectivity index (χ1) is 19.7. The summed E-state index contributed by atoms with van der Waals surface area (Å²) in [6, 6.07) is 7.46. The van der Waals surface area contributed by atoms with Gasteiger partial charge in [0, 0.05) is 36.7 Å². The molecule has 1 atom stereocenters. The first-order valence-electron chi connectivity index (χ1n) is 12.8. The molecule has 1 unspecified atom stereocenters. The Morgan fingerprint density at radius 2 is 1.76 bits per heavy atom. The number of hydrogen-bond donors (Lipinski definition) is 1. The van der Waals surface area contributed by atoms with Crippen LogP contribution in [0.25, 0.3) is 17.0 Å². The number of halogens is 6. The van der Waals surface area contributed by atoms with E-state index in [1.165, 1.54) is 16.8 Å². The van der Waals surface area contributed by atoms with Crippen LogP contribution < -0.4 is 0 Å². The number of carboxylic acid groups (broad SMARTS) is 1. The molecule has 0 aliphatic carbocycles. The second-order valence-electron chi connectivity index (χ2n) is 9.99. The van der Waals surface area contributed by atoms with E-state index >= 15 is 0 Å². The van der Waals surface area contributed by atoms with Crippen LogP contribution in [0, 0.1) is 0 Å². The molecule has 3 heterocycles. The number of thioether (sulfide) groups is 1. The molecule has 2 aromatic carbocycles. The number of benzene rings is 2. The van der Waals surface area contributed by atoms with Crippen LogP contribution in [0.5, 0.6) is 0 Å². The molecular weight excluding hydrogens is 588 g/mol. The fourth-order valence-electron chi connectivity index (χ4n) is 5.23. The Kier molecular flexibility index (Phi) is 7.88. The van der Waals surface area contributed by atoms with Gasteiger partial charge in [-0.2, -0.15) is 26.3 Å². The molecule has 222 valence electrons. The van der Waals surface area contributed by atoms with Gasteiger partial charge in [0.2, 0.25) is 0 Å². The standard InChI is InChI=1S/C28H23F6N3O4S/c29-27(30,31)19-5-4-18(20(14-19)28(32,33)34)15-36-9-7-17-12-16(3-6-21(17)36)13-23-24(38)37(26(41)42-23)11-10-35-8-1-2-22(35)25(39)40/h3-7,9,12-14,22H,1-2,8,10-11,15H2,(H,39,40)/b23-13-. The molecule has 3 aromatic rings. The van der Waals surface area contributed by atoms with Gasteiger partial charge < -0.3 is 9.67 Å². The fraction of sp³-hybridized carbons (Fsp3) is 0.321. The van der Waals surface area contributed by atoms with E-state index in [2.05, 4.69) is 0 Å². The quantitative estimate of drug-likeness (QED) is 0.249. The Balaban J connectivity index is 1.33. The summed E-state index contributed by atoms with van der Waals surface area (Å²) < 4.78 is 81.4. The van der Waals surface area contributed by atoms with Crippen molar-refractivity contribution in [1.82, 2.24) is 14.4 Å². The zero-order valence-corrected chi connectivity index (χ0v) is 22.5. The van der Waals surface area contributed by atoms with E-state index in [-0.39, 0.29) is 36.2 Å². The van der Waals surface area contributed by atoms with Crippen LogP contribution in [0.15, 0.2) is 53.6 Å². The number of alkyl halides is 6. The summed E-state index contributed by atoms with van der Waals surface area (Å²) >= 11 is 0.757. The van der Waals surface area contributed by atoms with Crippen LogP contribution in [0.3, 0.4) is 0 Å². The molecule has 2 aliphatic heterocycles. The van der Waals surface area contributed by atoms with Gasteiger partial charge in [-0.15, -0.1) is 0 Å². The SMILES string of the molecule is O=C(O)C1CCCN1CCN1C(=O)S/C(=C\c2ccc3c(ccn3Cc3ccc(C(F)(F)F)cc3C(F)(F)F)c2)C1=O. The molecule has 0 saturated carbocycles. The number of carboxylic acids is 1. The van der Waals surface area contributed by atoms with Crippen LogP contribution in [0.4, 0.5) is 31.1 Å². The third kappa shape index (κ3) is 6.04. The predicted octanol–water partition coefficient (Wildman–Crippen LogP) is 6.31. The average molecular weight is 612 g/mol. The lowest BCUT2D eigenvalue weighted by molar-refractivity contribution is -0.144. The first kappa shape index (κ1) is 29.7. The van der Waals surface area contributed by atoms with Crippen LogP contribution in [-0.2, 0) is 28.5 Å². The van der Waals surface area contributed by atoms with E-state index in [4.69, 9.17) is 0 Å². The third-order valence-electron chi connectivity index (χ3n) is 7.31. The van der Waals surface area contributed by atoms with Crippen molar-refractivity contribution >= 4 is 45.9 Å². The van der Waals surface area contributed by atoms with E-state index < -0.39 is 46.6 Å². The Hall–Kier alpha value is -3.78. The molecule has 0 bridgehead atoms. The minimum absolute atomic E-state index is 0.0531. The summed E-state index contributed by atoms with van der Waals surface area (Å²) in [7, 11) is 0. The number of amides is 2. The maximum absolute atomic E-state index is 13.6. The normalized spacial score (nSPS) is 19.5. The molecule has 1 N–H and O–H groups in total. The zero-order chi connectivity index (χ0) is 30.4. The number of nitrogens with zero attached hydrogens (tertiary/aromatic N) is 3. The molecule has 1 aromatic heterocycles. The average Bonchev–Trinajstić information content (AvgIpc) is 3.60. The van der Waals surface area contributed by atoms with Crippen molar-refractivity contribution in [2.75, 3.05) is 19.6 Å². The lowest BCUT2D eigenvalue weighted by Gasteiger charge is -2.23. The van der Waals surface area contributed by atoms with Gasteiger partial charge in [0.1, 0.15) is 6.04 Å². The maximum atomic E-state index is 13.6. The second-order valence-corrected chi connectivity index (χ2v) is 11.0. The lowest BCUT2D eigenvalue weighted by Crippen LogP contribution is -2.42. The van der Waals surface area contributed by atoms with Crippen molar-refractivity contribution in [2.45, 2.75) is 37.8 Å². The smallest absolute Gasteiger partial charge is 0.416 e. The summed E-state index contributed by atoms with van der Waals surface area (Å²) in [6.07, 6.45) is -5.63. The number of aromatic nitrogens is 1. The lowest BCUT2D eigenvalue weighted by atomic mass is 10.0. The van der Waals surface area contributed by atoms with Crippen LogP contribution in [0.1, 0.15) is 35.1 Å². The summed E-state index contributed by atoms with van der Waals surface area (Å²) in [5.41, 5.74) is -2.00. The van der Waals surface area contributed by atoms with Gasteiger partial charge in [0.15, 0.2) is 0 Å². The van der Waals surface area contributed by atoms with Crippen molar-refractivity contribution in [3.05, 3.63) is 75.8 Å². The molecule has 2 fully saturated rings. The number of fused-ring (bicyclic) bond motifs is 1.